The number of carboxylic acid groups (broad SMARTS) is 1. The summed E-state index contributed by atoms with van der Waals surface area (Å²) in [5.74, 6) is -0.0894. The standard InChI is InChI=1S/C14H27ClO3/c15-11-9-7-5-3-1-2-4-6-8-10-12-18-13-14(16)17/h1-13H2,(H,16,17). The molecule has 0 heterocycles. The fraction of sp³-hybridized carbons (Fsp3) is 0.929. The third-order valence-corrected chi connectivity index (χ3v) is 3.17. The molecule has 4 heteroatoms. The largest absolute Gasteiger partial charge is 0.480 e. The Morgan fingerprint density at radius 2 is 1.28 bits per heavy atom. The van der Waals surface area contributed by atoms with Gasteiger partial charge in [0, 0.05) is 12.5 Å². The first-order valence-electron chi connectivity index (χ1n) is 7.13. The second kappa shape index (κ2) is 14.8. The van der Waals surface area contributed by atoms with Crippen LogP contribution in [0.15, 0.2) is 0 Å². The third-order valence-electron chi connectivity index (χ3n) is 2.90. The topological polar surface area (TPSA) is 46.5 Å². The summed E-state index contributed by atoms with van der Waals surface area (Å²) >= 11 is 5.61. The molecule has 0 saturated heterocycles. The maximum absolute atomic E-state index is 10.2. The van der Waals surface area contributed by atoms with E-state index in [4.69, 9.17) is 21.4 Å². The Morgan fingerprint density at radius 3 is 1.72 bits per heavy atom. The number of aliphatic carboxylic acids is 1. The molecule has 0 bridgehead atoms. The fourth-order valence-electron chi connectivity index (χ4n) is 1.87. The molecule has 0 unspecified atom stereocenters. The Balaban J connectivity index is 2.92. The molecular weight excluding hydrogens is 252 g/mol. The zero-order chi connectivity index (χ0) is 13.5. The van der Waals surface area contributed by atoms with Crippen molar-refractivity contribution in [2.45, 2.75) is 64.2 Å². The molecule has 0 aromatic carbocycles. The highest BCUT2D eigenvalue weighted by Crippen LogP contribution is 2.10. The molecule has 0 rings (SSSR count). The molecule has 0 aromatic rings. The number of alkyl halides is 1. The number of hydrogen-bond donors (Lipinski definition) is 1. The van der Waals surface area contributed by atoms with Gasteiger partial charge in [0.15, 0.2) is 0 Å². The van der Waals surface area contributed by atoms with Crippen LogP contribution in [-0.4, -0.2) is 30.2 Å². The van der Waals surface area contributed by atoms with Gasteiger partial charge < -0.3 is 9.84 Å². The molecule has 0 aliphatic heterocycles. The van der Waals surface area contributed by atoms with E-state index in [-0.39, 0.29) is 6.61 Å². The van der Waals surface area contributed by atoms with E-state index in [0.29, 0.717) is 6.61 Å². The Labute approximate surface area is 116 Å². The van der Waals surface area contributed by atoms with Gasteiger partial charge in [0.05, 0.1) is 0 Å². The Kier molecular flexibility index (Phi) is 14.5. The van der Waals surface area contributed by atoms with Crippen molar-refractivity contribution in [2.24, 2.45) is 0 Å². The summed E-state index contributed by atoms with van der Waals surface area (Å²) in [4.78, 5) is 10.2. The van der Waals surface area contributed by atoms with Crippen LogP contribution in [-0.2, 0) is 9.53 Å². The SMILES string of the molecule is O=C(O)COCCCCCCCCCCCCCl. The van der Waals surface area contributed by atoms with E-state index in [2.05, 4.69) is 0 Å². The van der Waals surface area contributed by atoms with Crippen molar-refractivity contribution in [2.75, 3.05) is 19.1 Å². The van der Waals surface area contributed by atoms with Crippen LogP contribution in [0.1, 0.15) is 64.2 Å². The van der Waals surface area contributed by atoms with Crippen LogP contribution < -0.4 is 0 Å². The maximum atomic E-state index is 10.2. The molecule has 1 N–H and O–H groups in total. The van der Waals surface area contributed by atoms with Crippen LogP contribution in [0.4, 0.5) is 0 Å². The summed E-state index contributed by atoms with van der Waals surface area (Å²) in [7, 11) is 0. The predicted octanol–water partition coefficient (Wildman–Crippen LogP) is 4.23. The molecule has 0 aliphatic rings. The average Bonchev–Trinajstić information content (AvgIpc) is 2.34. The zero-order valence-electron chi connectivity index (χ0n) is 11.3. The second-order valence-electron chi connectivity index (χ2n) is 4.67. The number of rotatable bonds is 14. The molecule has 0 saturated carbocycles. The molecule has 0 amide bonds. The molecule has 0 radical (unpaired) electrons. The Morgan fingerprint density at radius 1 is 0.833 bits per heavy atom. The lowest BCUT2D eigenvalue weighted by Crippen LogP contribution is -2.07. The maximum Gasteiger partial charge on any atom is 0.329 e. The van der Waals surface area contributed by atoms with E-state index in [0.717, 1.165) is 25.1 Å². The summed E-state index contributed by atoms with van der Waals surface area (Å²) in [5.41, 5.74) is 0. The first kappa shape index (κ1) is 17.7. The number of ether oxygens (including phenoxy) is 1. The summed E-state index contributed by atoms with van der Waals surface area (Å²) in [5, 5.41) is 8.36. The van der Waals surface area contributed by atoms with Gasteiger partial charge in [-0.25, -0.2) is 4.79 Å². The molecule has 0 fully saturated rings. The second-order valence-corrected chi connectivity index (χ2v) is 5.05. The van der Waals surface area contributed by atoms with Crippen molar-refractivity contribution in [3.8, 4) is 0 Å². The van der Waals surface area contributed by atoms with Crippen LogP contribution in [0, 0.1) is 0 Å². The molecule has 0 aromatic heterocycles. The lowest BCUT2D eigenvalue weighted by atomic mass is 10.1. The van der Waals surface area contributed by atoms with Gasteiger partial charge in [-0.2, -0.15) is 0 Å². The van der Waals surface area contributed by atoms with E-state index >= 15 is 0 Å². The number of unbranched alkanes of at least 4 members (excludes halogenated alkanes) is 9. The lowest BCUT2D eigenvalue weighted by molar-refractivity contribution is -0.142. The first-order chi connectivity index (χ1) is 8.77. The average molecular weight is 279 g/mol. The molecule has 0 atom stereocenters. The van der Waals surface area contributed by atoms with Gasteiger partial charge in [-0.05, 0) is 12.8 Å². The summed E-state index contributed by atoms with van der Waals surface area (Å²) < 4.78 is 4.97. The van der Waals surface area contributed by atoms with Crippen molar-refractivity contribution >= 4 is 17.6 Å². The quantitative estimate of drug-likeness (QED) is 0.382. The van der Waals surface area contributed by atoms with Gasteiger partial charge in [-0.1, -0.05) is 51.4 Å². The van der Waals surface area contributed by atoms with Crippen LogP contribution in [0.3, 0.4) is 0 Å². The highest BCUT2D eigenvalue weighted by atomic mass is 35.5. The molecule has 0 spiro atoms. The Bertz CT molecular complexity index is 186. The van der Waals surface area contributed by atoms with E-state index < -0.39 is 5.97 Å². The molecule has 0 aliphatic carbocycles. The Hall–Kier alpha value is -0.280. The molecule has 3 nitrogen and oxygen atoms in total. The van der Waals surface area contributed by atoms with Crippen LogP contribution in [0.2, 0.25) is 0 Å². The van der Waals surface area contributed by atoms with Gasteiger partial charge >= 0.3 is 5.97 Å². The summed E-state index contributed by atoms with van der Waals surface area (Å²) in [6.07, 6.45) is 12.4. The van der Waals surface area contributed by atoms with Gasteiger partial charge in [-0.15, -0.1) is 11.6 Å². The van der Waals surface area contributed by atoms with Gasteiger partial charge in [0.25, 0.3) is 0 Å². The summed E-state index contributed by atoms with van der Waals surface area (Å²) in [6.45, 7) is 0.410. The van der Waals surface area contributed by atoms with Crippen LogP contribution in [0.25, 0.3) is 0 Å². The van der Waals surface area contributed by atoms with Gasteiger partial charge in [0.2, 0.25) is 0 Å². The fourth-order valence-corrected chi connectivity index (χ4v) is 2.06. The van der Waals surface area contributed by atoms with Crippen molar-refractivity contribution in [3.63, 3.8) is 0 Å². The highest BCUT2D eigenvalue weighted by molar-refractivity contribution is 6.17. The number of hydrogen-bond acceptors (Lipinski definition) is 2. The summed E-state index contributed by atoms with van der Waals surface area (Å²) in [6, 6.07) is 0. The monoisotopic (exact) mass is 278 g/mol. The predicted molar refractivity (Wildman–Crippen MR) is 75.3 cm³/mol. The minimum absolute atomic E-state index is 0.164. The van der Waals surface area contributed by atoms with E-state index in [1.807, 2.05) is 0 Å². The highest BCUT2D eigenvalue weighted by Gasteiger charge is 1.96. The lowest BCUT2D eigenvalue weighted by Gasteiger charge is -2.03. The minimum Gasteiger partial charge on any atom is -0.480 e. The van der Waals surface area contributed by atoms with Crippen molar-refractivity contribution < 1.29 is 14.6 Å². The van der Waals surface area contributed by atoms with Gasteiger partial charge in [-0.3, -0.25) is 0 Å². The van der Waals surface area contributed by atoms with Gasteiger partial charge in [0.1, 0.15) is 6.61 Å². The van der Waals surface area contributed by atoms with Crippen molar-refractivity contribution in [1.82, 2.24) is 0 Å². The smallest absolute Gasteiger partial charge is 0.329 e. The van der Waals surface area contributed by atoms with Crippen LogP contribution in [0.5, 0.6) is 0 Å². The minimum atomic E-state index is -0.885. The first-order valence-corrected chi connectivity index (χ1v) is 7.66. The van der Waals surface area contributed by atoms with Crippen molar-refractivity contribution in [1.29, 1.82) is 0 Å². The van der Waals surface area contributed by atoms with Crippen molar-refractivity contribution in [3.05, 3.63) is 0 Å². The number of carboxylic acids is 1. The molecule has 18 heavy (non-hydrogen) atoms. The van der Waals surface area contributed by atoms with Crippen LogP contribution >= 0.6 is 11.6 Å². The number of carbonyl (C=O) groups is 1. The normalized spacial score (nSPS) is 10.7. The van der Waals surface area contributed by atoms with E-state index in [1.165, 1.54) is 44.9 Å². The zero-order valence-corrected chi connectivity index (χ0v) is 12.1. The van der Waals surface area contributed by atoms with E-state index in [1.54, 1.807) is 0 Å². The number of halogens is 1. The third kappa shape index (κ3) is 15.7. The molecular formula is C14H27ClO3. The molecule has 108 valence electrons. The van der Waals surface area contributed by atoms with E-state index in [9.17, 15) is 4.79 Å².